The average molecular weight is 391 g/mol. The van der Waals surface area contributed by atoms with Gasteiger partial charge >= 0.3 is 0 Å². The highest BCUT2D eigenvalue weighted by Crippen LogP contribution is 2.22. The first-order valence-electron chi connectivity index (χ1n) is 8.44. The number of hydrogen-bond donors (Lipinski definition) is 1. The van der Waals surface area contributed by atoms with E-state index in [1.165, 1.54) is 0 Å². The second kappa shape index (κ2) is 10.2. The van der Waals surface area contributed by atoms with Crippen molar-refractivity contribution in [2.45, 2.75) is 30.8 Å². The molecule has 0 fully saturated rings. The minimum atomic E-state index is -0.520. The Balaban J connectivity index is 1.99. The lowest BCUT2D eigenvalue weighted by Gasteiger charge is -2.28. The number of rotatable bonds is 8. The van der Waals surface area contributed by atoms with Crippen molar-refractivity contribution in [3.63, 3.8) is 0 Å². The topological polar surface area (TPSA) is 49.4 Å². The molecule has 26 heavy (non-hydrogen) atoms. The summed E-state index contributed by atoms with van der Waals surface area (Å²) in [6.07, 6.45) is 0.363. The minimum Gasteiger partial charge on any atom is -0.357 e. The molecule has 0 saturated heterocycles. The van der Waals surface area contributed by atoms with Crippen LogP contribution in [0.15, 0.2) is 59.5 Å². The normalized spacial score (nSPS) is 11.7. The van der Waals surface area contributed by atoms with Crippen LogP contribution in [-0.2, 0) is 16.1 Å². The molecular formula is C20H23ClN2O2S. The van der Waals surface area contributed by atoms with E-state index in [4.69, 9.17) is 11.6 Å². The maximum Gasteiger partial charge on any atom is 0.242 e. The van der Waals surface area contributed by atoms with Crippen molar-refractivity contribution in [2.75, 3.05) is 12.8 Å². The highest BCUT2D eigenvalue weighted by molar-refractivity contribution is 7.99. The van der Waals surface area contributed by atoms with Gasteiger partial charge in [-0.05, 0) is 36.8 Å². The molecule has 1 atom stereocenters. The first-order valence-corrected chi connectivity index (χ1v) is 9.81. The van der Waals surface area contributed by atoms with Gasteiger partial charge in [0.1, 0.15) is 6.04 Å². The van der Waals surface area contributed by atoms with E-state index in [2.05, 4.69) is 5.32 Å². The molecular weight excluding hydrogens is 368 g/mol. The van der Waals surface area contributed by atoms with E-state index in [1.807, 2.05) is 54.6 Å². The molecule has 0 radical (unpaired) electrons. The Hall–Kier alpha value is -1.98. The first kappa shape index (κ1) is 20.3. The SMILES string of the molecule is CNC(=O)[C@@H](C)N(Cc1ccccc1)C(=O)CCSc1ccc(Cl)cc1. The standard InChI is InChI=1S/C20H23ClN2O2S/c1-15(20(25)22-2)23(14-16-6-4-3-5-7-16)19(24)12-13-26-18-10-8-17(21)9-11-18/h3-11,15H,12-14H2,1-2H3,(H,22,25)/t15-/m1/s1. The Labute approximate surface area is 163 Å². The lowest BCUT2D eigenvalue weighted by molar-refractivity contribution is -0.140. The maximum absolute atomic E-state index is 12.8. The molecule has 0 heterocycles. The van der Waals surface area contributed by atoms with E-state index in [0.717, 1.165) is 10.5 Å². The van der Waals surface area contributed by atoms with Crippen LogP contribution in [0, 0.1) is 0 Å². The molecule has 0 aliphatic heterocycles. The monoisotopic (exact) mass is 390 g/mol. The molecule has 0 spiro atoms. The number of carbonyl (C=O) groups excluding carboxylic acids is 2. The summed E-state index contributed by atoms with van der Waals surface area (Å²) < 4.78 is 0. The van der Waals surface area contributed by atoms with Crippen LogP contribution >= 0.6 is 23.4 Å². The molecule has 0 bridgehead atoms. The summed E-state index contributed by atoms with van der Waals surface area (Å²) in [6, 6.07) is 16.7. The number of hydrogen-bond acceptors (Lipinski definition) is 3. The summed E-state index contributed by atoms with van der Waals surface area (Å²) in [6.45, 7) is 2.17. The number of amides is 2. The number of likely N-dealkylation sites (N-methyl/N-ethyl adjacent to an activating group) is 1. The zero-order valence-electron chi connectivity index (χ0n) is 14.9. The Bertz CT molecular complexity index is 722. The van der Waals surface area contributed by atoms with Gasteiger partial charge in [-0.3, -0.25) is 9.59 Å². The van der Waals surface area contributed by atoms with Gasteiger partial charge in [0, 0.05) is 35.7 Å². The number of thioether (sulfide) groups is 1. The average Bonchev–Trinajstić information content (AvgIpc) is 2.67. The van der Waals surface area contributed by atoms with Gasteiger partial charge in [0.25, 0.3) is 0 Å². The van der Waals surface area contributed by atoms with E-state index in [1.54, 1.807) is 30.6 Å². The summed E-state index contributed by atoms with van der Waals surface area (Å²) in [5.74, 6) is 0.442. The molecule has 4 nitrogen and oxygen atoms in total. The van der Waals surface area contributed by atoms with Crippen LogP contribution in [0.2, 0.25) is 5.02 Å². The predicted molar refractivity (Wildman–Crippen MR) is 107 cm³/mol. The van der Waals surface area contributed by atoms with Gasteiger partial charge in [-0.2, -0.15) is 0 Å². The van der Waals surface area contributed by atoms with Crippen molar-refractivity contribution < 1.29 is 9.59 Å². The molecule has 1 N–H and O–H groups in total. The van der Waals surface area contributed by atoms with E-state index in [-0.39, 0.29) is 11.8 Å². The van der Waals surface area contributed by atoms with Gasteiger partial charge in [0.15, 0.2) is 0 Å². The fourth-order valence-corrected chi connectivity index (χ4v) is 3.47. The third-order valence-electron chi connectivity index (χ3n) is 4.01. The Morgan fingerprint density at radius 2 is 1.77 bits per heavy atom. The molecule has 0 aliphatic rings. The molecule has 0 aliphatic carbocycles. The van der Waals surface area contributed by atoms with Crippen molar-refractivity contribution in [2.24, 2.45) is 0 Å². The number of nitrogens with zero attached hydrogens (tertiary/aromatic N) is 1. The van der Waals surface area contributed by atoms with Crippen LogP contribution in [0.4, 0.5) is 0 Å². The fraction of sp³-hybridized carbons (Fsp3) is 0.300. The lowest BCUT2D eigenvalue weighted by Crippen LogP contribution is -2.46. The Morgan fingerprint density at radius 1 is 1.12 bits per heavy atom. The fourth-order valence-electron chi connectivity index (χ4n) is 2.50. The van der Waals surface area contributed by atoms with E-state index < -0.39 is 6.04 Å². The van der Waals surface area contributed by atoms with Crippen LogP contribution in [0.25, 0.3) is 0 Å². The van der Waals surface area contributed by atoms with Crippen molar-refractivity contribution in [3.8, 4) is 0 Å². The van der Waals surface area contributed by atoms with Crippen LogP contribution in [0.1, 0.15) is 18.9 Å². The summed E-state index contributed by atoms with van der Waals surface area (Å²) in [5.41, 5.74) is 1.00. The van der Waals surface area contributed by atoms with Crippen molar-refractivity contribution >= 4 is 35.2 Å². The van der Waals surface area contributed by atoms with Gasteiger partial charge in [0.05, 0.1) is 0 Å². The smallest absolute Gasteiger partial charge is 0.242 e. The second-order valence-corrected chi connectivity index (χ2v) is 7.45. The van der Waals surface area contributed by atoms with Crippen molar-refractivity contribution in [1.29, 1.82) is 0 Å². The number of nitrogens with one attached hydrogen (secondary N) is 1. The Morgan fingerprint density at radius 3 is 2.38 bits per heavy atom. The van der Waals surface area contributed by atoms with Crippen LogP contribution in [0.5, 0.6) is 0 Å². The number of carbonyl (C=O) groups is 2. The number of halogens is 1. The largest absolute Gasteiger partial charge is 0.357 e. The van der Waals surface area contributed by atoms with E-state index >= 15 is 0 Å². The van der Waals surface area contributed by atoms with Gasteiger partial charge < -0.3 is 10.2 Å². The zero-order chi connectivity index (χ0) is 18.9. The third kappa shape index (κ3) is 6.07. The molecule has 138 valence electrons. The molecule has 0 unspecified atom stereocenters. The van der Waals surface area contributed by atoms with Gasteiger partial charge in [-0.1, -0.05) is 41.9 Å². The van der Waals surface area contributed by atoms with Gasteiger partial charge in [0.2, 0.25) is 11.8 Å². The van der Waals surface area contributed by atoms with Crippen LogP contribution in [-0.4, -0.2) is 35.6 Å². The van der Waals surface area contributed by atoms with Crippen molar-refractivity contribution in [1.82, 2.24) is 10.2 Å². The maximum atomic E-state index is 12.8. The van der Waals surface area contributed by atoms with E-state index in [0.29, 0.717) is 23.7 Å². The third-order valence-corrected chi connectivity index (χ3v) is 5.27. The highest BCUT2D eigenvalue weighted by Gasteiger charge is 2.25. The Kier molecular flexibility index (Phi) is 8.01. The molecule has 2 aromatic carbocycles. The summed E-state index contributed by atoms with van der Waals surface area (Å²) in [7, 11) is 1.58. The first-order chi connectivity index (χ1) is 12.5. The zero-order valence-corrected chi connectivity index (χ0v) is 16.5. The molecule has 0 aromatic heterocycles. The highest BCUT2D eigenvalue weighted by atomic mass is 35.5. The van der Waals surface area contributed by atoms with Crippen LogP contribution < -0.4 is 5.32 Å². The second-order valence-electron chi connectivity index (χ2n) is 5.85. The molecule has 2 amide bonds. The van der Waals surface area contributed by atoms with Gasteiger partial charge in [-0.25, -0.2) is 0 Å². The summed E-state index contributed by atoms with van der Waals surface area (Å²) in [5, 5.41) is 3.32. The lowest BCUT2D eigenvalue weighted by atomic mass is 10.1. The minimum absolute atomic E-state index is 0.0357. The molecule has 2 aromatic rings. The summed E-state index contributed by atoms with van der Waals surface area (Å²) >= 11 is 7.49. The predicted octanol–water partition coefficient (Wildman–Crippen LogP) is 3.99. The van der Waals surface area contributed by atoms with E-state index in [9.17, 15) is 9.59 Å². The molecule has 0 saturated carbocycles. The quantitative estimate of drug-likeness (QED) is 0.693. The van der Waals surface area contributed by atoms with Crippen LogP contribution in [0.3, 0.4) is 0 Å². The molecule has 6 heteroatoms. The molecule has 2 rings (SSSR count). The summed E-state index contributed by atoms with van der Waals surface area (Å²) in [4.78, 5) is 27.5. The number of benzene rings is 2. The van der Waals surface area contributed by atoms with Gasteiger partial charge in [-0.15, -0.1) is 11.8 Å². The van der Waals surface area contributed by atoms with Crippen molar-refractivity contribution in [3.05, 3.63) is 65.2 Å².